The molecule has 1 aliphatic carbocycles. The quantitative estimate of drug-likeness (QED) is 0.766. The molecule has 96 valence electrons. The first-order chi connectivity index (χ1) is 8.63. The summed E-state index contributed by atoms with van der Waals surface area (Å²) in [5.74, 6) is 0.918. The second-order valence-electron chi connectivity index (χ2n) is 4.59. The van der Waals surface area contributed by atoms with E-state index < -0.39 is 0 Å². The van der Waals surface area contributed by atoms with Gasteiger partial charge in [0.1, 0.15) is 5.76 Å². The second-order valence-corrected chi connectivity index (χ2v) is 4.59. The SMILES string of the molecule is COCOC1=C(c2ccc(C)cc2C)C(=O)CC1. The van der Waals surface area contributed by atoms with Crippen molar-refractivity contribution in [2.75, 3.05) is 13.9 Å². The van der Waals surface area contributed by atoms with Crippen molar-refractivity contribution in [2.45, 2.75) is 26.7 Å². The van der Waals surface area contributed by atoms with Gasteiger partial charge >= 0.3 is 0 Å². The standard InChI is InChI=1S/C15H18O3/c1-10-4-5-12(11(2)8-10)15-13(16)6-7-14(15)18-9-17-3/h4-5,8H,6-7,9H2,1-3H3. The molecule has 0 spiro atoms. The van der Waals surface area contributed by atoms with Gasteiger partial charge in [-0.15, -0.1) is 0 Å². The molecule has 0 unspecified atom stereocenters. The number of hydrogen-bond donors (Lipinski definition) is 0. The summed E-state index contributed by atoms with van der Waals surface area (Å²) in [4.78, 5) is 12.0. The third-order valence-electron chi connectivity index (χ3n) is 3.14. The van der Waals surface area contributed by atoms with Gasteiger partial charge < -0.3 is 9.47 Å². The first-order valence-corrected chi connectivity index (χ1v) is 6.09. The molecule has 18 heavy (non-hydrogen) atoms. The van der Waals surface area contributed by atoms with Gasteiger partial charge in [-0.1, -0.05) is 23.8 Å². The monoisotopic (exact) mass is 246 g/mol. The van der Waals surface area contributed by atoms with Gasteiger partial charge in [-0.2, -0.15) is 0 Å². The van der Waals surface area contributed by atoms with E-state index in [0.29, 0.717) is 12.8 Å². The van der Waals surface area contributed by atoms with Crippen LogP contribution in [0.25, 0.3) is 5.57 Å². The molecule has 0 radical (unpaired) electrons. The number of methoxy groups -OCH3 is 1. The zero-order valence-electron chi connectivity index (χ0n) is 11.1. The summed E-state index contributed by atoms with van der Waals surface area (Å²) in [5, 5.41) is 0. The van der Waals surface area contributed by atoms with Crippen LogP contribution in [0.2, 0.25) is 0 Å². The zero-order valence-corrected chi connectivity index (χ0v) is 11.1. The minimum absolute atomic E-state index is 0.160. The fourth-order valence-corrected chi connectivity index (χ4v) is 2.30. The number of ether oxygens (including phenoxy) is 2. The van der Waals surface area contributed by atoms with E-state index in [0.717, 1.165) is 22.5 Å². The van der Waals surface area contributed by atoms with Crippen molar-refractivity contribution in [3.63, 3.8) is 0 Å². The van der Waals surface area contributed by atoms with E-state index in [1.165, 1.54) is 5.56 Å². The Balaban J connectivity index is 2.41. The van der Waals surface area contributed by atoms with Crippen molar-refractivity contribution in [3.8, 4) is 0 Å². The van der Waals surface area contributed by atoms with E-state index in [9.17, 15) is 4.79 Å². The van der Waals surface area contributed by atoms with Crippen LogP contribution in [0.4, 0.5) is 0 Å². The highest BCUT2D eigenvalue weighted by molar-refractivity contribution is 6.23. The summed E-state index contributed by atoms with van der Waals surface area (Å²) in [5.41, 5.74) is 4.01. The summed E-state index contributed by atoms with van der Waals surface area (Å²) in [7, 11) is 1.58. The average Bonchev–Trinajstić information content (AvgIpc) is 2.68. The van der Waals surface area contributed by atoms with E-state index in [1.807, 2.05) is 26.0 Å². The van der Waals surface area contributed by atoms with Crippen molar-refractivity contribution < 1.29 is 14.3 Å². The molecular formula is C15H18O3. The topological polar surface area (TPSA) is 35.5 Å². The normalized spacial score (nSPS) is 15.4. The number of carbonyl (C=O) groups is 1. The molecule has 0 saturated carbocycles. The highest BCUT2D eigenvalue weighted by Crippen LogP contribution is 2.33. The lowest BCUT2D eigenvalue weighted by Crippen LogP contribution is -2.01. The van der Waals surface area contributed by atoms with Crippen LogP contribution in [0.3, 0.4) is 0 Å². The van der Waals surface area contributed by atoms with Crippen molar-refractivity contribution >= 4 is 11.4 Å². The van der Waals surface area contributed by atoms with Gasteiger partial charge in [-0.3, -0.25) is 4.79 Å². The molecule has 0 bridgehead atoms. The van der Waals surface area contributed by atoms with Crippen molar-refractivity contribution in [1.82, 2.24) is 0 Å². The van der Waals surface area contributed by atoms with Crippen LogP contribution in [0.15, 0.2) is 24.0 Å². The van der Waals surface area contributed by atoms with Crippen LogP contribution in [0, 0.1) is 13.8 Å². The maximum absolute atomic E-state index is 12.0. The van der Waals surface area contributed by atoms with E-state index in [1.54, 1.807) is 7.11 Å². The van der Waals surface area contributed by atoms with E-state index in [2.05, 4.69) is 6.07 Å². The van der Waals surface area contributed by atoms with Crippen molar-refractivity contribution in [1.29, 1.82) is 0 Å². The first-order valence-electron chi connectivity index (χ1n) is 6.09. The van der Waals surface area contributed by atoms with Crippen LogP contribution < -0.4 is 0 Å². The van der Waals surface area contributed by atoms with Gasteiger partial charge in [0.2, 0.25) is 0 Å². The number of allylic oxidation sites excluding steroid dienone is 2. The molecule has 1 aromatic carbocycles. The maximum Gasteiger partial charge on any atom is 0.188 e. The number of rotatable bonds is 4. The number of ketones is 1. The number of aryl methyl sites for hydroxylation is 2. The molecule has 0 amide bonds. The third-order valence-corrected chi connectivity index (χ3v) is 3.14. The minimum atomic E-state index is 0.160. The Morgan fingerprint density at radius 3 is 2.67 bits per heavy atom. The molecule has 0 atom stereocenters. The highest BCUT2D eigenvalue weighted by Gasteiger charge is 2.26. The van der Waals surface area contributed by atoms with Gasteiger partial charge in [-0.05, 0) is 25.0 Å². The number of carbonyl (C=O) groups excluding carboxylic acids is 1. The zero-order chi connectivity index (χ0) is 13.1. The predicted molar refractivity (Wildman–Crippen MR) is 70.0 cm³/mol. The third kappa shape index (κ3) is 2.46. The molecule has 0 heterocycles. The molecule has 1 aromatic rings. The van der Waals surface area contributed by atoms with Crippen LogP contribution >= 0.6 is 0 Å². The smallest absolute Gasteiger partial charge is 0.188 e. The Bertz CT molecular complexity index is 500. The van der Waals surface area contributed by atoms with E-state index >= 15 is 0 Å². The lowest BCUT2D eigenvalue weighted by molar-refractivity contribution is -0.113. The summed E-state index contributed by atoms with van der Waals surface area (Å²) in [6, 6.07) is 6.11. The van der Waals surface area contributed by atoms with Crippen LogP contribution in [-0.4, -0.2) is 19.7 Å². The molecule has 2 rings (SSSR count). The first kappa shape index (κ1) is 12.8. The highest BCUT2D eigenvalue weighted by atomic mass is 16.7. The Morgan fingerprint density at radius 2 is 2.00 bits per heavy atom. The largest absolute Gasteiger partial charge is 0.471 e. The molecule has 3 heteroatoms. The van der Waals surface area contributed by atoms with E-state index in [4.69, 9.17) is 9.47 Å². The van der Waals surface area contributed by atoms with Gasteiger partial charge in [0.15, 0.2) is 12.6 Å². The lowest BCUT2D eigenvalue weighted by atomic mass is 9.97. The fraction of sp³-hybridized carbons (Fsp3) is 0.400. The molecule has 0 fully saturated rings. The van der Waals surface area contributed by atoms with Crippen molar-refractivity contribution in [3.05, 3.63) is 40.6 Å². The summed E-state index contributed by atoms with van der Waals surface area (Å²) >= 11 is 0. The summed E-state index contributed by atoms with van der Waals surface area (Å²) in [6.45, 7) is 4.26. The van der Waals surface area contributed by atoms with Crippen LogP contribution in [-0.2, 0) is 14.3 Å². The Morgan fingerprint density at radius 1 is 1.22 bits per heavy atom. The van der Waals surface area contributed by atoms with Gasteiger partial charge in [0.25, 0.3) is 0 Å². The Kier molecular flexibility index (Phi) is 3.82. The molecule has 1 aliphatic rings. The Hall–Kier alpha value is -1.61. The van der Waals surface area contributed by atoms with Gasteiger partial charge in [0, 0.05) is 20.0 Å². The van der Waals surface area contributed by atoms with E-state index in [-0.39, 0.29) is 12.6 Å². The van der Waals surface area contributed by atoms with Crippen molar-refractivity contribution in [2.24, 2.45) is 0 Å². The molecule has 3 nitrogen and oxygen atoms in total. The van der Waals surface area contributed by atoms with Gasteiger partial charge in [0.05, 0.1) is 5.57 Å². The number of benzene rings is 1. The predicted octanol–water partition coefficient (Wildman–Crippen LogP) is 3.00. The molecule has 0 saturated heterocycles. The maximum atomic E-state index is 12.0. The molecule has 0 aliphatic heterocycles. The summed E-state index contributed by atoms with van der Waals surface area (Å²) < 4.78 is 10.4. The van der Waals surface area contributed by atoms with Crippen LogP contribution in [0.5, 0.6) is 0 Å². The minimum Gasteiger partial charge on any atom is -0.471 e. The Labute approximate surface area is 107 Å². The molecule has 0 aromatic heterocycles. The lowest BCUT2D eigenvalue weighted by Gasteiger charge is -2.11. The molecular weight excluding hydrogens is 228 g/mol. The molecule has 0 N–H and O–H groups in total. The number of Topliss-reactive ketones (excluding diaryl/α,β-unsaturated/α-hetero) is 1. The number of hydrogen-bond acceptors (Lipinski definition) is 3. The fourth-order valence-electron chi connectivity index (χ4n) is 2.30. The second kappa shape index (κ2) is 5.36. The van der Waals surface area contributed by atoms with Gasteiger partial charge in [-0.25, -0.2) is 0 Å². The van der Waals surface area contributed by atoms with Crippen LogP contribution in [0.1, 0.15) is 29.5 Å². The average molecular weight is 246 g/mol. The summed E-state index contributed by atoms with van der Waals surface area (Å²) in [6.07, 6.45) is 1.20.